The van der Waals surface area contributed by atoms with Crippen LogP contribution in [-0.4, -0.2) is 58.4 Å². The van der Waals surface area contributed by atoms with Gasteiger partial charge in [-0.1, -0.05) is 18.2 Å². The Kier molecular flexibility index (Phi) is 5.71. The number of piperazine rings is 1. The molecular formula is C24H29N7O. The molecule has 32 heavy (non-hydrogen) atoms. The Labute approximate surface area is 188 Å². The summed E-state index contributed by atoms with van der Waals surface area (Å²) in [5.41, 5.74) is 3.92. The van der Waals surface area contributed by atoms with Crippen LogP contribution in [0.1, 0.15) is 36.7 Å². The summed E-state index contributed by atoms with van der Waals surface area (Å²) in [7, 11) is 0. The smallest absolute Gasteiger partial charge is 0.227 e. The van der Waals surface area contributed by atoms with E-state index in [1.54, 1.807) is 0 Å². The van der Waals surface area contributed by atoms with Gasteiger partial charge in [-0.25, -0.2) is 4.98 Å². The Morgan fingerprint density at radius 3 is 2.81 bits per heavy atom. The molecule has 1 aromatic carbocycles. The first-order chi connectivity index (χ1) is 15.6. The lowest BCUT2D eigenvalue weighted by atomic mass is 10.1. The molecule has 0 radical (unpaired) electrons. The minimum Gasteiger partial charge on any atom is -0.365 e. The fourth-order valence-corrected chi connectivity index (χ4v) is 4.53. The highest BCUT2D eigenvalue weighted by Gasteiger charge is 2.36. The Hall–Kier alpha value is -3.10. The van der Waals surface area contributed by atoms with Crippen molar-refractivity contribution in [1.82, 2.24) is 25.2 Å². The van der Waals surface area contributed by atoms with Crippen molar-refractivity contribution in [3.8, 4) is 0 Å². The van der Waals surface area contributed by atoms with E-state index in [1.165, 1.54) is 0 Å². The first-order valence-electron chi connectivity index (χ1n) is 11.3. The largest absolute Gasteiger partial charge is 0.365 e. The average Bonchev–Trinajstić information content (AvgIpc) is 3.22. The molecule has 1 saturated heterocycles. The number of rotatable bonds is 6. The molecule has 1 unspecified atom stereocenters. The van der Waals surface area contributed by atoms with Crippen LogP contribution in [0, 0.1) is 0 Å². The number of nitrogens with one attached hydrogen (secondary N) is 2. The molecule has 1 fully saturated rings. The van der Waals surface area contributed by atoms with Gasteiger partial charge in [0.15, 0.2) is 0 Å². The van der Waals surface area contributed by atoms with Crippen molar-refractivity contribution >= 4 is 29.0 Å². The maximum Gasteiger partial charge on any atom is 0.227 e. The molecule has 2 N–H and O–H groups in total. The number of fused-ring (bicyclic) bond motifs is 2. The Morgan fingerprint density at radius 1 is 1.22 bits per heavy atom. The predicted molar refractivity (Wildman–Crippen MR) is 126 cm³/mol. The normalized spacial score (nSPS) is 18.8. The van der Waals surface area contributed by atoms with Crippen molar-refractivity contribution in [2.75, 3.05) is 36.4 Å². The van der Waals surface area contributed by atoms with Gasteiger partial charge in [0.05, 0.1) is 11.2 Å². The van der Waals surface area contributed by atoms with Gasteiger partial charge in [-0.05, 0) is 31.5 Å². The highest BCUT2D eigenvalue weighted by molar-refractivity contribution is 5.78. The summed E-state index contributed by atoms with van der Waals surface area (Å²) in [4.78, 5) is 30.8. The van der Waals surface area contributed by atoms with Crippen LogP contribution < -0.4 is 15.5 Å². The van der Waals surface area contributed by atoms with Crippen LogP contribution in [0.2, 0.25) is 0 Å². The lowest BCUT2D eigenvalue weighted by Crippen LogP contribution is -2.44. The Bertz CT molecular complexity index is 1130. The van der Waals surface area contributed by atoms with Crippen molar-refractivity contribution < 1.29 is 4.79 Å². The molecule has 2 aliphatic heterocycles. The van der Waals surface area contributed by atoms with Gasteiger partial charge in [0.2, 0.25) is 5.95 Å². The fourth-order valence-electron chi connectivity index (χ4n) is 4.53. The monoisotopic (exact) mass is 431 g/mol. The second-order valence-corrected chi connectivity index (χ2v) is 8.71. The number of anilines is 2. The van der Waals surface area contributed by atoms with Gasteiger partial charge >= 0.3 is 0 Å². The lowest BCUT2D eigenvalue weighted by Gasteiger charge is -2.28. The Balaban J connectivity index is 1.48. The van der Waals surface area contributed by atoms with Gasteiger partial charge in [-0.2, -0.15) is 4.98 Å². The van der Waals surface area contributed by atoms with Crippen LogP contribution in [0.5, 0.6) is 0 Å². The molecule has 0 amide bonds. The van der Waals surface area contributed by atoms with Gasteiger partial charge in [-0.15, -0.1) is 0 Å². The van der Waals surface area contributed by atoms with E-state index < -0.39 is 0 Å². The van der Waals surface area contributed by atoms with Gasteiger partial charge < -0.3 is 20.3 Å². The SMILES string of the molecule is CC(C)N1Cc2c(NCc3cnc4ccccc4c3)nc(N3CCNCC3)nc2C1C=O. The lowest BCUT2D eigenvalue weighted by molar-refractivity contribution is -0.113. The molecule has 2 aromatic heterocycles. The first kappa shape index (κ1) is 20.8. The maximum atomic E-state index is 12.0. The number of para-hydroxylation sites is 1. The van der Waals surface area contributed by atoms with E-state index in [9.17, 15) is 4.79 Å². The molecule has 8 nitrogen and oxygen atoms in total. The number of benzene rings is 1. The van der Waals surface area contributed by atoms with Crippen molar-refractivity contribution in [3.05, 3.63) is 53.3 Å². The summed E-state index contributed by atoms with van der Waals surface area (Å²) in [5, 5.41) is 8.02. The third-order valence-corrected chi connectivity index (χ3v) is 6.30. The van der Waals surface area contributed by atoms with E-state index in [4.69, 9.17) is 9.97 Å². The van der Waals surface area contributed by atoms with E-state index in [2.05, 4.69) is 51.4 Å². The molecule has 166 valence electrons. The second-order valence-electron chi connectivity index (χ2n) is 8.71. The molecule has 5 rings (SSSR count). The minimum atomic E-state index is -0.336. The van der Waals surface area contributed by atoms with Crippen LogP contribution in [0.4, 0.5) is 11.8 Å². The topological polar surface area (TPSA) is 86.3 Å². The molecule has 3 aromatic rings. The minimum absolute atomic E-state index is 0.236. The number of nitrogens with zero attached hydrogens (tertiary/aromatic N) is 5. The maximum absolute atomic E-state index is 12.0. The standard InChI is InChI=1S/C24H29N7O/c1-16(2)31-14-19-22(21(31)15-32)28-24(30-9-7-25-8-10-30)29-23(19)27-13-17-11-18-5-3-4-6-20(18)26-12-17/h3-6,11-12,15-16,21,25H,7-10,13-14H2,1-2H3,(H,27,28,29). The summed E-state index contributed by atoms with van der Waals surface area (Å²) in [5.74, 6) is 1.51. The van der Waals surface area contributed by atoms with Crippen molar-refractivity contribution in [1.29, 1.82) is 0 Å². The highest BCUT2D eigenvalue weighted by Crippen LogP contribution is 2.37. The number of carbonyl (C=O) groups excluding carboxylic acids is 1. The van der Waals surface area contributed by atoms with Gasteiger partial charge in [0.1, 0.15) is 18.1 Å². The second kappa shape index (κ2) is 8.80. The zero-order chi connectivity index (χ0) is 22.1. The average molecular weight is 432 g/mol. The van der Waals surface area contributed by atoms with Crippen LogP contribution in [0.15, 0.2) is 36.5 Å². The number of carbonyl (C=O) groups is 1. The van der Waals surface area contributed by atoms with Crippen molar-refractivity contribution in [2.24, 2.45) is 0 Å². The number of hydrogen-bond acceptors (Lipinski definition) is 8. The Morgan fingerprint density at radius 2 is 2.03 bits per heavy atom. The van der Waals surface area contributed by atoms with E-state index in [1.807, 2.05) is 24.4 Å². The summed E-state index contributed by atoms with van der Waals surface area (Å²) in [6.45, 7) is 9.01. The zero-order valence-corrected chi connectivity index (χ0v) is 18.6. The number of aromatic nitrogens is 3. The van der Waals surface area contributed by atoms with Crippen LogP contribution in [0.3, 0.4) is 0 Å². The van der Waals surface area contributed by atoms with Gasteiger partial charge in [-0.3, -0.25) is 9.88 Å². The summed E-state index contributed by atoms with van der Waals surface area (Å²) in [6.07, 6.45) is 2.92. The third-order valence-electron chi connectivity index (χ3n) is 6.30. The molecule has 8 heteroatoms. The van der Waals surface area contributed by atoms with Gasteiger partial charge in [0.25, 0.3) is 0 Å². The molecule has 0 bridgehead atoms. The first-order valence-corrected chi connectivity index (χ1v) is 11.3. The molecule has 0 spiro atoms. The summed E-state index contributed by atoms with van der Waals surface area (Å²) < 4.78 is 0. The summed E-state index contributed by atoms with van der Waals surface area (Å²) in [6, 6.07) is 10.2. The number of pyridine rings is 1. The predicted octanol–water partition coefficient (Wildman–Crippen LogP) is 2.51. The molecule has 2 aliphatic rings. The molecule has 0 aliphatic carbocycles. The summed E-state index contributed by atoms with van der Waals surface area (Å²) >= 11 is 0. The number of hydrogen-bond donors (Lipinski definition) is 2. The number of aldehydes is 1. The van der Waals surface area contributed by atoms with Crippen molar-refractivity contribution in [2.45, 2.75) is 39.0 Å². The van der Waals surface area contributed by atoms with Gasteiger partial charge in [0, 0.05) is 62.5 Å². The molecule has 0 saturated carbocycles. The zero-order valence-electron chi connectivity index (χ0n) is 18.6. The third kappa shape index (κ3) is 3.91. The van der Waals surface area contributed by atoms with Crippen molar-refractivity contribution in [3.63, 3.8) is 0 Å². The quantitative estimate of drug-likeness (QED) is 0.576. The van der Waals surface area contributed by atoms with E-state index in [0.717, 1.165) is 66.0 Å². The van der Waals surface area contributed by atoms with E-state index >= 15 is 0 Å². The molecule has 1 atom stereocenters. The molecule has 4 heterocycles. The van der Waals surface area contributed by atoms with Crippen LogP contribution in [0.25, 0.3) is 10.9 Å². The van der Waals surface area contributed by atoms with E-state index in [-0.39, 0.29) is 12.1 Å². The highest BCUT2D eigenvalue weighted by atomic mass is 16.1. The van der Waals surface area contributed by atoms with Crippen LogP contribution in [-0.2, 0) is 17.9 Å². The molecular weight excluding hydrogens is 402 g/mol. The van der Waals surface area contributed by atoms with E-state index in [0.29, 0.717) is 19.0 Å². The fraction of sp³-hybridized carbons (Fsp3) is 0.417. The van der Waals surface area contributed by atoms with Crippen LogP contribution >= 0.6 is 0 Å².